The molecule has 1 aliphatic rings. The Kier molecular flexibility index (Phi) is 5.39. The van der Waals surface area contributed by atoms with Gasteiger partial charge in [0.25, 0.3) is 11.8 Å². The van der Waals surface area contributed by atoms with Gasteiger partial charge in [-0.25, -0.2) is 4.98 Å². The van der Waals surface area contributed by atoms with Crippen LogP contribution in [0.5, 0.6) is 0 Å². The van der Waals surface area contributed by atoms with Gasteiger partial charge in [-0.05, 0) is 32.9 Å². The number of hydrogen-bond acceptors (Lipinski definition) is 6. The summed E-state index contributed by atoms with van der Waals surface area (Å²) in [6.07, 6.45) is 4.12. The van der Waals surface area contributed by atoms with Crippen LogP contribution in [0.2, 0.25) is 0 Å². The number of carbonyl (C=O) groups is 3. The average Bonchev–Trinajstić information content (AvgIpc) is 2.98. The largest absolute Gasteiger partial charge is 0.460 e. The van der Waals surface area contributed by atoms with Gasteiger partial charge in [0.05, 0.1) is 6.20 Å². The van der Waals surface area contributed by atoms with Crippen LogP contribution in [0.25, 0.3) is 0 Å². The fourth-order valence-electron chi connectivity index (χ4n) is 2.95. The van der Waals surface area contributed by atoms with Crippen LogP contribution in [0.1, 0.15) is 31.3 Å². The second kappa shape index (κ2) is 7.75. The number of anilines is 1. The zero-order valence-corrected chi connectivity index (χ0v) is 16.0. The van der Waals surface area contributed by atoms with Crippen molar-refractivity contribution >= 4 is 23.5 Å². The van der Waals surface area contributed by atoms with Crippen LogP contribution in [0.3, 0.4) is 0 Å². The molecule has 0 radical (unpaired) electrons. The molecule has 2 heterocycles. The predicted octanol–water partition coefficient (Wildman–Crippen LogP) is 1.58. The first-order chi connectivity index (χ1) is 13.3. The van der Waals surface area contributed by atoms with Gasteiger partial charge in [-0.15, -0.1) is 0 Å². The molecule has 1 saturated heterocycles. The van der Waals surface area contributed by atoms with Gasteiger partial charge in [-0.3, -0.25) is 19.4 Å². The Morgan fingerprint density at radius 2 is 1.89 bits per heavy atom. The normalized spacial score (nSPS) is 19.4. The fraction of sp³-hybridized carbons (Fsp3) is 0.350. The van der Waals surface area contributed by atoms with Gasteiger partial charge in [-0.2, -0.15) is 0 Å². The lowest BCUT2D eigenvalue weighted by Crippen LogP contribution is -2.47. The highest BCUT2D eigenvalue weighted by Crippen LogP contribution is 2.27. The number of rotatable bonds is 4. The fourth-order valence-corrected chi connectivity index (χ4v) is 2.95. The van der Waals surface area contributed by atoms with Crippen LogP contribution in [-0.2, 0) is 14.3 Å². The molecule has 28 heavy (non-hydrogen) atoms. The molecule has 1 aliphatic heterocycles. The molecular formula is C20H22N4O4. The Bertz CT molecular complexity index is 865. The lowest BCUT2D eigenvalue weighted by Gasteiger charge is -2.24. The first kappa shape index (κ1) is 19.5. The second-order valence-electron chi connectivity index (χ2n) is 7.47. The van der Waals surface area contributed by atoms with Crippen LogP contribution in [0.15, 0.2) is 48.9 Å². The summed E-state index contributed by atoms with van der Waals surface area (Å²) in [5.41, 5.74) is 0.00783. The van der Waals surface area contributed by atoms with Crippen molar-refractivity contribution in [3.63, 3.8) is 0 Å². The lowest BCUT2D eigenvalue weighted by molar-refractivity contribution is -0.160. The maximum atomic E-state index is 13.0. The van der Waals surface area contributed by atoms with Crippen LogP contribution in [-0.4, -0.2) is 45.9 Å². The molecule has 2 amide bonds. The Hall–Kier alpha value is -3.29. The number of nitrogens with zero attached hydrogens (tertiary/aromatic N) is 3. The van der Waals surface area contributed by atoms with E-state index in [4.69, 9.17) is 4.74 Å². The number of esters is 1. The minimum Gasteiger partial charge on any atom is -0.460 e. The number of para-hydroxylation sites is 1. The van der Waals surface area contributed by atoms with Crippen molar-refractivity contribution in [2.24, 2.45) is 5.92 Å². The Labute approximate surface area is 162 Å². The van der Waals surface area contributed by atoms with Gasteiger partial charge in [0, 0.05) is 24.6 Å². The van der Waals surface area contributed by atoms with Crippen molar-refractivity contribution in [3.8, 4) is 0 Å². The van der Waals surface area contributed by atoms with Gasteiger partial charge in [0.2, 0.25) is 0 Å². The molecular weight excluding hydrogens is 360 g/mol. The molecule has 1 N–H and O–H groups in total. The molecule has 2 atom stereocenters. The van der Waals surface area contributed by atoms with Crippen LogP contribution in [0.4, 0.5) is 5.69 Å². The van der Waals surface area contributed by atoms with Gasteiger partial charge >= 0.3 is 5.97 Å². The summed E-state index contributed by atoms with van der Waals surface area (Å²) in [7, 11) is 0. The van der Waals surface area contributed by atoms with Crippen molar-refractivity contribution < 1.29 is 19.1 Å². The highest BCUT2D eigenvalue weighted by molar-refractivity contribution is 6.06. The second-order valence-corrected chi connectivity index (χ2v) is 7.47. The number of nitrogens with one attached hydrogen (secondary N) is 1. The molecule has 3 rings (SSSR count). The Morgan fingerprint density at radius 1 is 1.18 bits per heavy atom. The van der Waals surface area contributed by atoms with Crippen LogP contribution >= 0.6 is 0 Å². The summed E-state index contributed by atoms with van der Waals surface area (Å²) >= 11 is 0. The van der Waals surface area contributed by atoms with E-state index in [1.54, 1.807) is 45.0 Å². The van der Waals surface area contributed by atoms with Gasteiger partial charge < -0.3 is 15.0 Å². The molecule has 1 aromatic carbocycles. The molecule has 1 aromatic heterocycles. The highest BCUT2D eigenvalue weighted by Gasteiger charge is 2.47. The topological polar surface area (TPSA) is 101 Å². The first-order valence-electron chi connectivity index (χ1n) is 8.92. The van der Waals surface area contributed by atoms with E-state index in [9.17, 15) is 14.4 Å². The van der Waals surface area contributed by atoms with Crippen molar-refractivity contribution in [2.45, 2.75) is 32.4 Å². The Balaban J connectivity index is 1.87. The van der Waals surface area contributed by atoms with E-state index in [0.717, 1.165) is 0 Å². The smallest absolute Gasteiger partial charge is 0.313 e. The summed E-state index contributed by atoms with van der Waals surface area (Å²) in [5.74, 6) is -2.33. The molecule has 8 nitrogen and oxygen atoms in total. The first-order valence-corrected chi connectivity index (χ1v) is 8.92. The van der Waals surface area contributed by atoms with E-state index in [2.05, 4.69) is 15.3 Å². The van der Waals surface area contributed by atoms with E-state index >= 15 is 0 Å². The number of aromatic nitrogens is 2. The maximum Gasteiger partial charge on any atom is 0.313 e. The monoisotopic (exact) mass is 382 g/mol. The van der Waals surface area contributed by atoms with E-state index in [-0.39, 0.29) is 18.1 Å². The van der Waals surface area contributed by atoms with Crippen molar-refractivity contribution in [1.29, 1.82) is 0 Å². The quantitative estimate of drug-likeness (QED) is 0.806. The van der Waals surface area contributed by atoms with Gasteiger partial charge in [-0.1, -0.05) is 18.2 Å². The molecule has 0 spiro atoms. The molecule has 8 heteroatoms. The minimum atomic E-state index is -1.05. The SMILES string of the molecule is CC(C)(C)OC(=O)[C@H]1CN(c2ccccc2)C(=O)[C@H]1NC(=O)c1cnccn1. The number of carbonyl (C=O) groups excluding carboxylic acids is 3. The molecule has 0 bridgehead atoms. The summed E-state index contributed by atoms with van der Waals surface area (Å²) in [4.78, 5) is 47.5. The van der Waals surface area contributed by atoms with E-state index < -0.39 is 29.4 Å². The summed E-state index contributed by atoms with van der Waals surface area (Å²) in [6.45, 7) is 5.38. The minimum absolute atomic E-state index is 0.0661. The zero-order valence-electron chi connectivity index (χ0n) is 16.0. The standard InChI is InChI=1S/C20H22N4O4/c1-20(2,3)28-19(27)14-12-24(13-7-5-4-6-8-13)18(26)16(14)23-17(25)15-11-21-9-10-22-15/h4-11,14,16H,12H2,1-3H3,(H,23,25)/t14-,16-/m0/s1. The van der Waals surface area contributed by atoms with Crippen LogP contribution < -0.4 is 10.2 Å². The third-order valence-corrected chi connectivity index (χ3v) is 4.17. The number of hydrogen-bond donors (Lipinski definition) is 1. The summed E-state index contributed by atoms with van der Waals surface area (Å²) in [6, 6.07) is 7.94. The summed E-state index contributed by atoms with van der Waals surface area (Å²) in [5, 5.41) is 2.63. The van der Waals surface area contributed by atoms with Crippen molar-refractivity contribution in [3.05, 3.63) is 54.6 Å². The number of amides is 2. The molecule has 0 aliphatic carbocycles. The van der Waals surface area contributed by atoms with E-state index in [1.807, 2.05) is 6.07 Å². The van der Waals surface area contributed by atoms with Gasteiger partial charge in [0.15, 0.2) is 0 Å². The third-order valence-electron chi connectivity index (χ3n) is 4.17. The predicted molar refractivity (Wildman–Crippen MR) is 101 cm³/mol. The highest BCUT2D eigenvalue weighted by atomic mass is 16.6. The van der Waals surface area contributed by atoms with Gasteiger partial charge in [0.1, 0.15) is 23.3 Å². The molecule has 2 aromatic rings. The van der Waals surface area contributed by atoms with Crippen molar-refractivity contribution in [2.75, 3.05) is 11.4 Å². The molecule has 1 fully saturated rings. The average molecular weight is 382 g/mol. The number of ether oxygens (including phenoxy) is 1. The zero-order chi connectivity index (χ0) is 20.3. The number of benzene rings is 1. The molecule has 0 saturated carbocycles. The Morgan fingerprint density at radius 3 is 2.50 bits per heavy atom. The van der Waals surface area contributed by atoms with Crippen molar-refractivity contribution in [1.82, 2.24) is 15.3 Å². The van der Waals surface area contributed by atoms with Crippen LogP contribution in [0, 0.1) is 5.92 Å². The molecule has 0 unspecified atom stereocenters. The third kappa shape index (κ3) is 4.33. The maximum absolute atomic E-state index is 13.0. The lowest BCUT2D eigenvalue weighted by atomic mass is 10.0. The van der Waals surface area contributed by atoms with E-state index in [0.29, 0.717) is 5.69 Å². The van der Waals surface area contributed by atoms with E-state index in [1.165, 1.54) is 23.5 Å². The molecule has 146 valence electrons. The summed E-state index contributed by atoms with van der Waals surface area (Å²) < 4.78 is 5.47.